The summed E-state index contributed by atoms with van der Waals surface area (Å²) in [5, 5.41) is 8.95. The number of rotatable bonds is 3. The lowest BCUT2D eigenvalue weighted by molar-refractivity contribution is 0.0741. The molecular formula is C17H16N4O3S2. The van der Waals surface area contributed by atoms with Crippen molar-refractivity contribution in [1.29, 1.82) is 0 Å². The van der Waals surface area contributed by atoms with Gasteiger partial charge in [-0.15, -0.1) is 11.3 Å². The second-order valence-corrected chi connectivity index (χ2v) is 8.13. The predicted octanol–water partition coefficient (Wildman–Crippen LogP) is 3.26. The number of thiazole rings is 1. The maximum atomic E-state index is 12.6. The minimum absolute atomic E-state index is 0.0470. The van der Waals surface area contributed by atoms with Crippen LogP contribution in [0.4, 0.5) is 5.13 Å². The van der Waals surface area contributed by atoms with E-state index < -0.39 is 0 Å². The molecule has 3 aromatic heterocycles. The van der Waals surface area contributed by atoms with Crippen molar-refractivity contribution in [3.05, 3.63) is 50.0 Å². The van der Waals surface area contributed by atoms with Crippen LogP contribution in [0.25, 0.3) is 0 Å². The molecule has 0 fully saturated rings. The maximum Gasteiger partial charge on any atom is 0.279 e. The van der Waals surface area contributed by atoms with Gasteiger partial charge in [0, 0.05) is 23.9 Å². The zero-order chi connectivity index (χ0) is 18.3. The number of fused-ring (bicyclic) bond motifs is 1. The second-order valence-electron chi connectivity index (χ2n) is 6.13. The van der Waals surface area contributed by atoms with E-state index in [1.165, 1.54) is 22.7 Å². The van der Waals surface area contributed by atoms with Gasteiger partial charge in [-0.05, 0) is 30.9 Å². The van der Waals surface area contributed by atoms with Crippen LogP contribution in [0.3, 0.4) is 0 Å². The number of aryl methyl sites for hydroxylation is 2. The molecule has 4 heterocycles. The van der Waals surface area contributed by atoms with Crippen LogP contribution in [0.5, 0.6) is 0 Å². The topological polar surface area (TPSA) is 88.3 Å². The average Bonchev–Trinajstić information content (AvgIpc) is 3.32. The molecule has 0 spiro atoms. The fourth-order valence-electron chi connectivity index (χ4n) is 2.76. The Balaban J connectivity index is 1.47. The van der Waals surface area contributed by atoms with Crippen LogP contribution in [0, 0.1) is 13.8 Å². The van der Waals surface area contributed by atoms with Crippen molar-refractivity contribution in [3.8, 4) is 0 Å². The highest BCUT2D eigenvalue weighted by Crippen LogP contribution is 2.30. The molecule has 0 radical (unpaired) electrons. The lowest BCUT2D eigenvalue weighted by atomic mass is 10.1. The molecule has 0 bridgehead atoms. The van der Waals surface area contributed by atoms with Crippen LogP contribution in [-0.4, -0.2) is 33.4 Å². The van der Waals surface area contributed by atoms with Gasteiger partial charge in [0.15, 0.2) is 10.8 Å². The number of hydrogen-bond donors (Lipinski definition) is 1. The Morgan fingerprint density at radius 1 is 1.31 bits per heavy atom. The summed E-state index contributed by atoms with van der Waals surface area (Å²) >= 11 is 2.86. The Labute approximate surface area is 157 Å². The fourth-order valence-corrected chi connectivity index (χ4v) is 4.64. The maximum absolute atomic E-state index is 12.6. The summed E-state index contributed by atoms with van der Waals surface area (Å²) in [7, 11) is 0. The first-order valence-electron chi connectivity index (χ1n) is 8.07. The first-order valence-corrected chi connectivity index (χ1v) is 9.77. The summed E-state index contributed by atoms with van der Waals surface area (Å²) in [5.41, 5.74) is 2.26. The van der Waals surface area contributed by atoms with Gasteiger partial charge >= 0.3 is 0 Å². The lowest BCUT2D eigenvalue weighted by Gasteiger charge is -2.25. The van der Waals surface area contributed by atoms with Gasteiger partial charge in [-0.3, -0.25) is 14.9 Å². The number of hydrogen-bond acceptors (Lipinski definition) is 7. The summed E-state index contributed by atoms with van der Waals surface area (Å²) < 4.78 is 4.92. The predicted molar refractivity (Wildman–Crippen MR) is 98.8 cm³/mol. The quantitative estimate of drug-likeness (QED) is 0.744. The van der Waals surface area contributed by atoms with Crippen LogP contribution >= 0.6 is 22.7 Å². The first kappa shape index (κ1) is 16.9. The number of amides is 2. The smallest absolute Gasteiger partial charge is 0.279 e. The SMILES string of the molecule is Cc1csc(C(=O)N2CCc3nc(NC(=O)c4cc(C)on4)sc3C2)c1. The fraction of sp³-hybridized carbons (Fsp3) is 0.294. The van der Waals surface area contributed by atoms with E-state index in [1.54, 1.807) is 13.0 Å². The molecule has 1 aliphatic heterocycles. The van der Waals surface area contributed by atoms with Crippen molar-refractivity contribution >= 4 is 39.6 Å². The Morgan fingerprint density at radius 2 is 2.15 bits per heavy atom. The number of carbonyl (C=O) groups is 2. The van der Waals surface area contributed by atoms with Gasteiger partial charge in [-0.25, -0.2) is 4.98 Å². The lowest BCUT2D eigenvalue weighted by Crippen LogP contribution is -2.35. The largest absolute Gasteiger partial charge is 0.361 e. The van der Waals surface area contributed by atoms with E-state index in [4.69, 9.17) is 4.52 Å². The number of carbonyl (C=O) groups excluding carboxylic acids is 2. The third-order valence-electron chi connectivity index (χ3n) is 4.04. The zero-order valence-electron chi connectivity index (χ0n) is 14.2. The van der Waals surface area contributed by atoms with E-state index in [0.717, 1.165) is 21.0 Å². The minimum atomic E-state index is -0.352. The molecule has 1 aliphatic rings. The van der Waals surface area contributed by atoms with Crippen molar-refractivity contribution in [2.24, 2.45) is 0 Å². The molecule has 26 heavy (non-hydrogen) atoms. The highest BCUT2D eigenvalue weighted by Gasteiger charge is 2.26. The molecule has 9 heteroatoms. The van der Waals surface area contributed by atoms with Crippen molar-refractivity contribution in [2.45, 2.75) is 26.8 Å². The van der Waals surface area contributed by atoms with Gasteiger partial charge in [0.25, 0.3) is 11.8 Å². The van der Waals surface area contributed by atoms with Crippen molar-refractivity contribution in [2.75, 3.05) is 11.9 Å². The minimum Gasteiger partial charge on any atom is -0.361 e. The van der Waals surface area contributed by atoms with E-state index in [0.29, 0.717) is 30.4 Å². The van der Waals surface area contributed by atoms with E-state index in [-0.39, 0.29) is 17.5 Å². The van der Waals surface area contributed by atoms with Gasteiger partial charge in [0.1, 0.15) is 5.76 Å². The highest BCUT2D eigenvalue weighted by molar-refractivity contribution is 7.16. The summed E-state index contributed by atoms with van der Waals surface area (Å²) in [5.74, 6) is 0.271. The molecular weight excluding hydrogens is 372 g/mol. The Hall–Kier alpha value is -2.52. The molecule has 7 nitrogen and oxygen atoms in total. The number of thiophene rings is 1. The molecule has 4 rings (SSSR count). The van der Waals surface area contributed by atoms with Crippen LogP contribution in [0.2, 0.25) is 0 Å². The molecule has 0 atom stereocenters. The number of nitrogens with zero attached hydrogens (tertiary/aromatic N) is 3. The van der Waals surface area contributed by atoms with Crippen molar-refractivity contribution < 1.29 is 14.1 Å². The molecule has 0 aromatic carbocycles. The standard InChI is InChI=1S/C17H16N4O3S2/c1-9-5-13(25-8-9)16(23)21-4-3-11-14(7-21)26-17(18-11)19-15(22)12-6-10(2)24-20-12/h5-6,8H,3-4,7H2,1-2H3,(H,18,19,22). The monoisotopic (exact) mass is 388 g/mol. The number of anilines is 1. The Kier molecular flexibility index (Phi) is 4.33. The zero-order valence-corrected chi connectivity index (χ0v) is 15.9. The third kappa shape index (κ3) is 3.27. The van der Waals surface area contributed by atoms with E-state index in [1.807, 2.05) is 23.3 Å². The van der Waals surface area contributed by atoms with E-state index in [2.05, 4.69) is 15.5 Å². The average molecular weight is 388 g/mol. The van der Waals surface area contributed by atoms with Gasteiger partial charge in [-0.2, -0.15) is 0 Å². The van der Waals surface area contributed by atoms with Gasteiger partial charge < -0.3 is 9.42 Å². The second kappa shape index (κ2) is 6.65. The molecule has 2 amide bonds. The van der Waals surface area contributed by atoms with Gasteiger partial charge in [-0.1, -0.05) is 16.5 Å². The van der Waals surface area contributed by atoms with Crippen LogP contribution in [0.1, 0.15) is 42.1 Å². The third-order valence-corrected chi connectivity index (χ3v) is 6.07. The summed E-state index contributed by atoms with van der Waals surface area (Å²) in [4.78, 5) is 32.9. The highest BCUT2D eigenvalue weighted by atomic mass is 32.1. The van der Waals surface area contributed by atoms with Crippen LogP contribution in [-0.2, 0) is 13.0 Å². The van der Waals surface area contributed by atoms with Crippen molar-refractivity contribution in [3.63, 3.8) is 0 Å². The summed E-state index contributed by atoms with van der Waals surface area (Å²) in [6, 6.07) is 3.49. The van der Waals surface area contributed by atoms with E-state index >= 15 is 0 Å². The Bertz CT molecular complexity index is 988. The number of aromatic nitrogens is 2. The molecule has 0 saturated carbocycles. The molecule has 0 saturated heterocycles. The number of nitrogens with one attached hydrogen (secondary N) is 1. The molecule has 0 aliphatic carbocycles. The Morgan fingerprint density at radius 3 is 2.85 bits per heavy atom. The van der Waals surface area contributed by atoms with E-state index in [9.17, 15) is 9.59 Å². The first-order chi connectivity index (χ1) is 12.5. The van der Waals surface area contributed by atoms with Crippen LogP contribution in [0.15, 0.2) is 22.0 Å². The van der Waals surface area contributed by atoms with Crippen molar-refractivity contribution in [1.82, 2.24) is 15.0 Å². The summed E-state index contributed by atoms with van der Waals surface area (Å²) in [6.07, 6.45) is 0.681. The molecule has 3 aromatic rings. The van der Waals surface area contributed by atoms with Gasteiger partial charge in [0.2, 0.25) is 0 Å². The normalized spacial score (nSPS) is 13.5. The van der Waals surface area contributed by atoms with Crippen LogP contribution < -0.4 is 5.32 Å². The summed E-state index contributed by atoms with van der Waals surface area (Å²) in [6.45, 7) is 4.85. The molecule has 134 valence electrons. The molecule has 1 N–H and O–H groups in total. The van der Waals surface area contributed by atoms with Gasteiger partial charge in [0.05, 0.1) is 17.1 Å². The molecule has 0 unspecified atom stereocenters.